The first-order valence-corrected chi connectivity index (χ1v) is 6.48. The van der Waals surface area contributed by atoms with Crippen LogP contribution in [0.4, 0.5) is 8.63 Å². The second kappa shape index (κ2) is 9.62. The lowest BCUT2D eigenvalue weighted by atomic mass is 10.0. The van der Waals surface area contributed by atoms with Gasteiger partial charge < -0.3 is 19.4 Å². The smallest absolute Gasteiger partial charge is 0.398 e. The molecule has 0 aliphatic carbocycles. The highest BCUT2D eigenvalue weighted by Gasteiger charge is 2.23. The van der Waals surface area contributed by atoms with Gasteiger partial charge in [-0.05, 0) is 12.8 Å². The maximum Gasteiger partial charge on any atom is 0.677 e. The summed E-state index contributed by atoms with van der Waals surface area (Å²) < 4.78 is 33.4. The molecular formula is C12H16B2F2O5. The van der Waals surface area contributed by atoms with Crippen molar-refractivity contribution in [3.05, 3.63) is 35.9 Å². The Balaban J connectivity index is 2.47. The number of Topliss-reactive ketones (excluding diaryl/α,β-unsaturated/α-hetero) is 1. The van der Waals surface area contributed by atoms with Crippen molar-refractivity contribution in [3.8, 4) is 0 Å². The minimum absolute atomic E-state index is 0.112. The molecule has 0 saturated carbocycles. The summed E-state index contributed by atoms with van der Waals surface area (Å²) in [5.41, 5.74) is 0.454. The van der Waals surface area contributed by atoms with Crippen LogP contribution in [0.15, 0.2) is 30.3 Å². The highest BCUT2D eigenvalue weighted by molar-refractivity contribution is 6.33. The minimum Gasteiger partial charge on any atom is -0.398 e. The average Bonchev–Trinajstić information content (AvgIpc) is 2.43. The number of hydrogen-bond donors (Lipinski definition) is 2. The molecule has 0 bridgehead atoms. The summed E-state index contributed by atoms with van der Waals surface area (Å²) in [6.07, 6.45) is -0.575. The summed E-state index contributed by atoms with van der Waals surface area (Å²) in [6, 6.07) is 8.39. The van der Waals surface area contributed by atoms with E-state index in [1.807, 2.05) is 0 Å². The van der Waals surface area contributed by atoms with Crippen molar-refractivity contribution in [1.82, 2.24) is 0 Å². The molecule has 0 spiro atoms. The van der Waals surface area contributed by atoms with Crippen molar-refractivity contribution >= 4 is 20.6 Å². The molecule has 5 nitrogen and oxygen atoms in total. The second-order valence-electron chi connectivity index (χ2n) is 4.35. The number of carbonyl (C=O) groups is 1. The molecule has 9 heteroatoms. The molecule has 1 atom stereocenters. The lowest BCUT2D eigenvalue weighted by molar-refractivity contribution is 0.0815. The molecule has 114 valence electrons. The van der Waals surface area contributed by atoms with Crippen molar-refractivity contribution in [3.63, 3.8) is 0 Å². The van der Waals surface area contributed by atoms with E-state index in [9.17, 15) is 13.4 Å². The van der Waals surface area contributed by atoms with E-state index in [0.29, 0.717) is 5.56 Å². The number of halogens is 2. The normalized spacial score (nSPS) is 12.0. The quantitative estimate of drug-likeness (QED) is 0.387. The zero-order valence-corrected chi connectivity index (χ0v) is 11.3. The largest absolute Gasteiger partial charge is 0.677 e. The van der Waals surface area contributed by atoms with Crippen LogP contribution in [0.5, 0.6) is 0 Å². The summed E-state index contributed by atoms with van der Waals surface area (Å²) in [5.74, 6) is -0.257. The number of ketones is 1. The Labute approximate surface area is 122 Å². The molecule has 0 amide bonds. The van der Waals surface area contributed by atoms with E-state index in [2.05, 4.69) is 9.31 Å². The third-order valence-corrected chi connectivity index (χ3v) is 2.74. The molecule has 2 N–H and O–H groups in total. The predicted octanol–water partition coefficient (Wildman–Crippen LogP) is 1.33. The fraction of sp³-hybridized carbons (Fsp3) is 0.417. The molecule has 0 saturated heterocycles. The van der Waals surface area contributed by atoms with E-state index in [1.165, 1.54) is 0 Å². The Bertz CT molecular complexity index is 419. The molecule has 1 aromatic carbocycles. The SMILES string of the molecule is O=C(CC(CCCOB(O)F)OB(O)F)c1ccccc1. The van der Waals surface area contributed by atoms with Gasteiger partial charge in [0.15, 0.2) is 5.78 Å². The lowest BCUT2D eigenvalue weighted by Gasteiger charge is -2.16. The number of carbonyl (C=O) groups excluding carboxylic acids is 1. The van der Waals surface area contributed by atoms with Crippen LogP contribution in [0.25, 0.3) is 0 Å². The van der Waals surface area contributed by atoms with Crippen LogP contribution in [0, 0.1) is 0 Å². The van der Waals surface area contributed by atoms with Crippen molar-refractivity contribution in [1.29, 1.82) is 0 Å². The van der Waals surface area contributed by atoms with Gasteiger partial charge in [-0.3, -0.25) is 13.4 Å². The van der Waals surface area contributed by atoms with Crippen molar-refractivity contribution in [2.75, 3.05) is 6.61 Å². The fourth-order valence-corrected chi connectivity index (χ4v) is 1.82. The van der Waals surface area contributed by atoms with Crippen LogP contribution in [0.1, 0.15) is 29.6 Å². The van der Waals surface area contributed by atoms with E-state index < -0.39 is 20.9 Å². The van der Waals surface area contributed by atoms with E-state index in [4.69, 9.17) is 10.0 Å². The van der Waals surface area contributed by atoms with Gasteiger partial charge in [-0.15, -0.1) is 0 Å². The van der Waals surface area contributed by atoms with Crippen molar-refractivity contribution < 1.29 is 32.8 Å². The summed E-state index contributed by atoms with van der Waals surface area (Å²) in [6.45, 7) is -0.112. The Morgan fingerprint density at radius 3 is 2.43 bits per heavy atom. The van der Waals surface area contributed by atoms with Crippen molar-refractivity contribution in [2.24, 2.45) is 0 Å². The molecular weight excluding hydrogens is 284 g/mol. The maximum atomic E-state index is 12.5. The number of benzene rings is 1. The number of hydrogen-bond acceptors (Lipinski definition) is 5. The Kier molecular flexibility index (Phi) is 8.14. The molecule has 21 heavy (non-hydrogen) atoms. The fourth-order valence-electron chi connectivity index (χ4n) is 1.82. The van der Waals surface area contributed by atoms with Gasteiger partial charge in [0.2, 0.25) is 0 Å². The minimum atomic E-state index is -2.49. The highest BCUT2D eigenvalue weighted by atomic mass is 19.1. The highest BCUT2D eigenvalue weighted by Crippen LogP contribution is 2.13. The van der Waals surface area contributed by atoms with Crippen molar-refractivity contribution in [2.45, 2.75) is 25.4 Å². The first-order valence-electron chi connectivity index (χ1n) is 6.48. The molecule has 0 aliphatic rings. The molecule has 0 fully saturated rings. The van der Waals surface area contributed by atoms with Crippen LogP contribution < -0.4 is 0 Å². The summed E-state index contributed by atoms with van der Waals surface area (Å²) in [7, 11) is -4.87. The van der Waals surface area contributed by atoms with Crippen LogP contribution in [-0.2, 0) is 9.31 Å². The topological polar surface area (TPSA) is 76.0 Å². The van der Waals surface area contributed by atoms with Crippen LogP contribution in [0.2, 0.25) is 0 Å². The van der Waals surface area contributed by atoms with E-state index >= 15 is 0 Å². The van der Waals surface area contributed by atoms with Gasteiger partial charge in [0, 0.05) is 18.6 Å². The predicted molar refractivity (Wildman–Crippen MR) is 73.6 cm³/mol. The summed E-state index contributed by atoms with van der Waals surface area (Å²) in [5, 5.41) is 16.9. The molecule has 1 rings (SSSR count). The molecule has 1 aromatic rings. The Morgan fingerprint density at radius 1 is 1.19 bits per heavy atom. The lowest BCUT2D eigenvalue weighted by Crippen LogP contribution is -2.26. The van der Waals surface area contributed by atoms with Crippen LogP contribution in [-0.4, -0.2) is 43.3 Å². The Hall–Kier alpha value is -1.28. The van der Waals surface area contributed by atoms with Crippen LogP contribution >= 0.6 is 0 Å². The van der Waals surface area contributed by atoms with Gasteiger partial charge in [0.25, 0.3) is 0 Å². The molecule has 0 heterocycles. The first-order chi connectivity index (χ1) is 9.99. The van der Waals surface area contributed by atoms with Gasteiger partial charge in [-0.2, -0.15) is 0 Å². The molecule has 1 unspecified atom stereocenters. The van der Waals surface area contributed by atoms with Gasteiger partial charge >= 0.3 is 14.8 Å². The zero-order chi connectivity index (χ0) is 15.7. The third-order valence-electron chi connectivity index (χ3n) is 2.74. The Morgan fingerprint density at radius 2 is 1.86 bits per heavy atom. The standard InChI is InChI=1S/C12H16B2F2O5/c15-13(18)20-8-4-7-11(21-14(16)19)9-12(17)10-5-2-1-3-6-10/h1-3,5-6,11,18-19H,4,7-9H2. The van der Waals surface area contributed by atoms with Crippen LogP contribution in [0.3, 0.4) is 0 Å². The summed E-state index contributed by atoms with van der Waals surface area (Å²) >= 11 is 0. The van der Waals surface area contributed by atoms with Gasteiger partial charge in [-0.25, -0.2) is 0 Å². The monoisotopic (exact) mass is 300 g/mol. The maximum absolute atomic E-state index is 12.5. The zero-order valence-electron chi connectivity index (χ0n) is 11.3. The molecule has 0 radical (unpaired) electrons. The first kappa shape index (κ1) is 17.8. The van der Waals surface area contributed by atoms with E-state index in [-0.39, 0.29) is 31.7 Å². The van der Waals surface area contributed by atoms with Gasteiger partial charge in [-0.1, -0.05) is 30.3 Å². The molecule has 0 aromatic heterocycles. The number of rotatable bonds is 10. The average molecular weight is 300 g/mol. The van der Waals surface area contributed by atoms with Gasteiger partial charge in [0.1, 0.15) is 0 Å². The second-order valence-corrected chi connectivity index (χ2v) is 4.35. The van der Waals surface area contributed by atoms with Gasteiger partial charge in [0.05, 0.1) is 6.10 Å². The van der Waals surface area contributed by atoms with E-state index in [1.54, 1.807) is 30.3 Å². The molecule has 0 aliphatic heterocycles. The third kappa shape index (κ3) is 7.91. The van der Waals surface area contributed by atoms with E-state index in [0.717, 1.165) is 0 Å². The summed E-state index contributed by atoms with van der Waals surface area (Å²) in [4.78, 5) is 12.0.